The molecule has 0 aliphatic heterocycles. The Bertz CT molecular complexity index is 662. The number of anilines is 1. The number of thiophene rings is 1. The van der Waals surface area contributed by atoms with Crippen LogP contribution in [0.3, 0.4) is 0 Å². The van der Waals surface area contributed by atoms with E-state index in [9.17, 15) is 0 Å². The average Bonchev–Trinajstić information content (AvgIpc) is 3.10. The molecule has 0 spiro atoms. The summed E-state index contributed by atoms with van der Waals surface area (Å²) in [6, 6.07) is 8.08. The number of hydrogen-bond acceptors (Lipinski definition) is 5. The van der Waals surface area contributed by atoms with E-state index in [4.69, 9.17) is 10.3 Å². The Morgan fingerprint density at radius 3 is 2.75 bits per heavy atom. The molecule has 3 rings (SSSR count). The molecule has 0 saturated heterocycles. The minimum absolute atomic E-state index is 0.447. The van der Waals surface area contributed by atoms with Gasteiger partial charge in [-0.05, 0) is 42.0 Å². The van der Waals surface area contributed by atoms with Crippen molar-refractivity contribution in [3.05, 3.63) is 52.7 Å². The normalized spacial score (nSPS) is 10.8. The molecule has 20 heavy (non-hydrogen) atoms. The van der Waals surface area contributed by atoms with Crippen molar-refractivity contribution in [2.75, 3.05) is 5.73 Å². The van der Waals surface area contributed by atoms with Gasteiger partial charge in [0.05, 0.1) is 5.56 Å². The number of pyridine rings is 1. The van der Waals surface area contributed by atoms with Gasteiger partial charge in [0.2, 0.25) is 0 Å². The predicted molar refractivity (Wildman–Crippen MR) is 80.5 cm³/mol. The van der Waals surface area contributed by atoms with Crippen LogP contribution < -0.4 is 5.73 Å². The van der Waals surface area contributed by atoms with Gasteiger partial charge in [0.1, 0.15) is 5.76 Å². The van der Waals surface area contributed by atoms with Crippen molar-refractivity contribution in [1.29, 1.82) is 0 Å². The van der Waals surface area contributed by atoms with Crippen molar-refractivity contribution >= 4 is 17.2 Å². The average molecular weight is 285 g/mol. The van der Waals surface area contributed by atoms with Gasteiger partial charge in [-0.1, -0.05) is 11.2 Å². The van der Waals surface area contributed by atoms with E-state index >= 15 is 0 Å². The fraction of sp³-hybridized carbons (Fsp3) is 0.200. The predicted octanol–water partition coefficient (Wildman–Crippen LogP) is 3.56. The summed E-state index contributed by atoms with van der Waals surface area (Å²) in [6.45, 7) is 0. The molecular weight excluding hydrogens is 270 g/mol. The van der Waals surface area contributed by atoms with Crippen molar-refractivity contribution in [3.8, 4) is 11.1 Å². The Hall–Kier alpha value is -2.14. The minimum atomic E-state index is 0.447. The topological polar surface area (TPSA) is 64.9 Å². The summed E-state index contributed by atoms with van der Waals surface area (Å²) in [4.78, 5) is 5.41. The minimum Gasteiger partial charge on any atom is -0.380 e. The lowest BCUT2D eigenvalue weighted by molar-refractivity contribution is 0.384. The second kappa shape index (κ2) is 5.88. The molecule has 0 amide bonds. The van der Waals surface area contributed by atoms with Crippen molar-refractivity contribution in [2.45, 2.75) is 19.3 Å². The van der Waals surface area contributed by atoms with E-state index in [-0.39, 0.29) is 0 Å². The fourth-order valence-corrected chi connectivity index (χ4v) is 2.97. The second-order valence-corrected chi connectivity index (χ2v) is 5.57. The van der Waals surface area contributed by atoms with Gasteiger partial charge in [-0.3, -0.25) is 4.98 Å². The van der Waals surface area contributed by atoms with Crippen molar-refractivity contribution in [2.24, 2.45) is 0 Å². The molecule has 3 aromatic rings. The maximum atomic E-state index is 5.92. The number of nitrogens with zero attached hydrogens (tertiary/aromatic N) is 2. The second-order valence-electron chi connectivity index (χ2n) is 4.53. The molecule has 4 nitrogen and oxygen atoms in total. The first kappa shape index (κ1) is 12.9. The van der Waals surface area contributed by atoms with Crippen LogP contribution in [-0.4, -0.2) is 10.1 Å². The molecule has 0 aliphatic carbocycles. The van der Waals surface area contributed by atoms with Gasteiger partial charge in [-0.25, -0.2) is 0 Å². The molecule has 0 radical (unpaired) electrons. The van der Waals surface area contributed by atoms with Crippen LogP contribution in [0, 0.1) is 0 Å². The molecule has 5 heteroatoms. The van der Waals surface area contributed by atoms with Crippen molar-refractivity contribution < 1.29 is 4.52 Å². The van der Waals surface area contributed by atoms with E-state index in [1.165, 1.54) is 4.88 Å². The third-order valence-corrected chi connectivity index (χ3v) is 4.10. The van der Waals surface area contributed by atoms with Crippen molar-refractivity contribution in [3.63, 3.8) is 0 Å². The van der Waals surface area contributed by atoms with Gasteiger partial charge in [0.25, 0.3) is 0 Å². The largest absolute Gasteiger partial charge is 0.380 e. The number of nitrogen functional groups attached to an aromatic ring is 1. The van der Waals surface area contributed by atoms with Gasteiger partial charge in [-0.15, -0.1) is 11.3 Å². The molecule has 0 saturated carbocycles. The molecule has 2 N–H and O–H groups in total. The summed E-state index contributed by atoms with van der Waals surface area (Å²) in [5.74, 6) is 1.30. The van der Waals surface area contributed by atoms with Crippen LogP contribution in [0.2, 0.25) is 0 Å². The van der Waals surface area contributed by atoms with Crippen LogP contribution in [0.4, 0.5) is 5.82 Å². The Balaban J connectivity index is 1.74. The lowest BCUT2D eigenvalue weighted by Gasteiger charge is -2.02. The summed E-state index contributed by atoms with van der Waals surface area (Å²) in [5.41, 5.74) is 7.82. The van der Waals surface area contributed by atoms with Crippen molar-refractivity contribution in [1.82, 2.24) is 10.1 Å². The summed E-state index contributed by atoms with van der Waals surface area (Å²) in [7, 11) is 0. The summed E-state index contributed by atoms with van der Waals surface area (Å²) in [6.07, 6.45) is 6.40. The molecule has 0 aromatic carbocycles. The third kappa shape index (κ3) is 2.72. The van der Waals surface area contributed by atoms with Crippen LogP contribution in [0.15, 0.2) is 46.6 Å². The number of aryl methyl sites for hydroxylation is 2. The number of aromatic nitrogens is 2. The zero-order valence-corrected chi connectivity index (χ0v) is 11.8. The highest BCUT2D eigenvalue weighted by Crippen LogP contribution is 2.30. The zero-order valence-electron chi connectivity index (χ0n) is 11.0. The SMILES string of the molecule is Nc1noc(CCCc2cccs2)c1-c1ccncc1. The van der Waals surface area contributed by atoms with Gasteiger partial charge >= 0.3 is 0 Å². The van der Waals surface area contributed by atoms with E-state index in [0.29, 0.717) is 5.82 Å². The first-order chi connectivity index (χ1) is 9.84. The Morgan fingerprint density at radius 1 is 1.15 bits per heavy atom. The van der Waals surface area contributed by atoms with Crippen LogP contribution in [0.25, 0.3) is 11.1 Å². The summed E-state index contributed by atoms with van der Waals surface area (Å²) < 4.78 is 5.38. The van der Waals surface area contributed by atoms with Gasteiger partial charge in [0, 0.05) is 23.7 Å². The molecule has 0 bridgehead atoms. The molecule has 0 fully saturated rings. The molecule has 102 valence electrons. The van der Waals surface area contributed by atoms with Crippen LogP contribution in [0.5, 0.6) is 0 Å². The zero-order chi connectivity index (χ0) is 13.8. The quantitative estimate of drug-likeness (QED) is 0.778. The highest BCUT2D eigenvalue weighted by Gasteiger charge is 2.15. The van der Waals surface area contributed by atoms with Crippen LogP contribution in [-0.2, 0) is 12.8 Å². The molecule has 0 unspecified atom stereocenters. The first-order valence-corrected chi connectivity index (χ1v) is 7.39. The third-order valence-electron chi connectivity index (χ3n) is 3.17. The van der Waals surface area contributed by atoms with Gasteiger partial charge < -0.3 is 10.3 Å². The van der Waals surface area contributed by atoms with Gasteiger partial charge in [-0.2, -0.15) is 0 Å². The number of nitrogens with two attached hydrogens (primary N) is 1. The van der Waals surface area contributed by atoms with E-state index in [1.54, 1.807) is 23.7 Å². The van der Waals surface area contributed by atoms with E-state index in [0.717, 1.165) is 36.1 Å². The Kier molecular flexibility index (Phi) is 3.78. The van der Waals surface area contributed by atoms with Gasteiger partial charge in [0.15, 0.2) is 5.82 Å². The van der Waals surface area contributed by atoms with E-state index in [1.807, 2.05) is 12.1 Å². The maximum Gasteiger partial charge on any atom is 0.175 e. The molecule has 0 aliphatic rings. The highest BCUT2D eigenvalue weighted by molar-refractivity contribution is 7.09. The van der Waals surface area contributed by atoms with E-state index < -0.39 is 0 Å². The Labute approximate surface area is 121 Å². The Morgan fingerprint density at radius 2 is 2.00 bits per heavy atom. The van der Waals surface area contributed by atoms with Crippen LogP contribution >= 0.6 is 11.3 Å². The molecule has 3 heterocycles. The number of hydrogen-bond donors (Lipinski definition) is 1. The smallest absolute Gasteiger partial charge is 0.175 e. The van der Waals surface area contributed by atoms with E-state index in [2.05, 4.69) is 27.7 Å². The standard InChI is InChI=1S/C15H15N3OS/c16-15-14(11-6-8-17-9-7-11)13(19-18-15)5-1-3-12-4-2-10-20-12/h2,4,6-10H,1,3,5H2,(H2,16,18). The molecule has 3 aromatic heterocycles. The monoisotopic (exact) mass is 285 g/mol. The first-order valence-electron chi connectivity index (χ1n) is 6.51. The lowest BCUT2D eigenvalue weighted by Crippen LogP contribution is -1.92. The lowest BCUT2D eigenvalue weighted by atomic mass is 10.0. The summed E-state index contributed by atoms with van der Waals surface area (Å²) >= 11 is 1.78. The molecular formula is C15H15N3OS. The maximum absolute atomic E-state index is 5.92. The molecule has 0 atom stereocenters. The number of rotatable bonds is 5. The summed E-state index contributed by atoms with van der Waals surface area (Å²) in [5, 5.41) is 5.99. The van der Waals surface area contributed by atoms with Crippen LogP contribution in [0.1, 0.15) is 17.1 Å². The fourth-order valence-electron chi connectivity index (χ4n) is 2.21. The highest BCUT2D eigenvalue weighted by atomic mass is 32.1.